The quantitative estimate of drug-likeness (QED) is 0.770. The molecule has 0 amide bonds. The summed E-state index contributed by atoms with van der Waals surface area (Å²) >= 11 is 0. The van der Waals surface area contributed by atoms with E-state index in [1.165, 1.54) is 0 Å². The molecule has 0 fully saturated rings. The standard InChI is InChI=1S/C11H16O2/c1-8(12)7-10-5-4-6-11(13-3)9(10)2/h4-6,8,12H,7H2,1-3H3/t8-/m1/s1. The Labute approximate surface area is 79.2 Å². The first kappa shape index (κ1) is 10.1. The average molecular weight is 180 g/mol. The maximum atomic E-state index is 9.25. The molecule has 1 N–H and O–H groups in total. The Bertz CT molecular complexity index is 279. The zero-order valence-corrected chi connectivity index (χ0v) is 8.37. The number of aliphatic hydroxyl groups excluding tert-OH is 1. The smallest absolute Gasteiger partial charge is 0.122 e. The molecule has 0 heterocycles. The maximum absolute atomic E-state index is 9.25. The van der Waals surface area contributed by atoms with Gasteiger partial charge in [-0.25, -0.2) is 0 Å². The van der Waals surface area contributed by atoms with Gasteiger partial charge < -0.3 is 9.84 Å². The van der Waals surface area contributed by atoms with Crippen molar-refractivity contribution in [1.29, 1.82) is 0 Å². The second-order valence-corrected chi connectivity index (χ2v) is 3.30. The van der Waals surface area contributed by atoms with Crippen LogP contribution in [0.4, 0.5) is 0 Å². The molecule has 0 aliphatic rings. The lowest BCUT2D eigenvalue weighted by Crippen LogP contribution is -2.06. The molecule has 0 spiro atoms. The van der Waals surface area contributed by atoms with E-state index in [0.717, 1.165) is 16.9 Å². The zero-order valence-electron chi connectivity index (χ0n) is 8.37. The molecule has 0 aliphatic heterocycles. The number of hydrogen-bond acceptors (Lipinski definition) is 2. The van der Waals surface area contributed by atoms with Crippen molar-refractivity contribution in [3.05, 3.63) is 29.3 Å². The van der Waals surface area contributed by atoms with E-state index in [4.69, 9.17) is 4.74 Å². The summed E-state index contributed by atoms with van der Waals surface area (Å²) in [5.41, 5.74) is 2.26. The summed E-state index contributed by atoms with van der Waals surface area (Å²) in [6.07, 6.45) is 0.383. The van der Waals surface area contributed by atoms with Gasteiger partial charge in [0.25, 0.3) is 0 Å². The highest BCUT2D eigenvalue weighted by Gasteiger charge is 2.05. The summed E-state index contributed by atoms with van der Waals surface area (Å²) < 4.78 is 5.19. The predicted octanol–water partition coefficient (Wildman–Crippen LogP) is 1.93. The minimum Gasteiger partial charge on any atom is -0.496 e. The molecular formula is C11H16O2. The summed E-state index contributed by atoms with van der Waals surface area (Å²) in [6, 6.07) is 5.90. The third kappa shape index (κ3) is 2.46. The normalized spacial score (nSPS) is 12.6. The highest BCUT2D eigenvalue weighted by molar-refractivity contribution is 5.39. The molecule has 72 valence electrons. The molecule has 0 saturated heterocycles. The van der Waals surface area contributed by atoms with Gasteiger partial charge in [0, 0.05) is 0 Å². The average Bonchev–Trinajstić information content (AvgIpc) is 2.08. The largest absolute Gasteiger partial charge is 0.496 e. The van der Waals surface area contributed by atoms with Crippen LogP contribution < -0.4 is 4.74 Å². The molecule has 1 rings (SSSR count). The second-order valence-electron chi connectivity index (χ2n) is 3.30. The van der Waals surface area contributed by atoms with Crippen molar-refractivity contribution in [2.75, 3.05) is 7.11 Å². The van der Waals surface area contributed by atoms with E-state index < -0.39 is 0 Å². The molecule has 2 heteroatoms. The highest BCUT2D eigenvalue weighted by Crippen LogP contribution is 2.21. The molecule has 2 nitrogen and oxygen atoms in total. The van der Waals surface area contributed by atoms with Crippen LogP contribution in [0.15, 0.2) is 18.2 Å². The fraction of sp³-hybridized carbons (Fsp3) is 0.455. The van der Waals surface area contributed by atoms with Gasteiger partial charge in [0.15, 0.2) is 0 Å². The van der Waals surface area contributed by atoms with Gasteiger partial charge in [-0.2, -0.15) is 0 Å². The Kier molecular flexibility index (Phi) is 3.32. The monoisotopic (exact) mass is 180 g/mol. The maximum Gasteiger partial charge on any atom is 0.122 e. The predicted molar refractivity (Wildman–Crippen MR) is 53.1 cm³/mol. The van der Waals surface area contributed by atoms with Crippen LogP contribution in [0.1, 0.15) is 18.1 Å². The molecule has 0 saturated carbocycles. The molecule has 0 aromatic heterocycles. The van der Waals surface area contributed by atoms with Gasteiger partial charge in [-0.3, -0.25) is 0 Å². The molecule has 1 atom stereocenters. The molecule has 1 aromatic carbocycles. The van der Waals surface area contributed by atoms with Gasteiger partial charge >= 0.3 is 0 Å². The number of rotatable bonds is 3. The van der Waals surface area contributed by atoms with Gasteiger partial charge in [-0.05, 0) is 37.5 Å². The van der Waals surface area contributed by atoms with Crippen LogP contribution in [0.3, 0.4) is 0 Å². The number of methoxy groups -OCH3 is 1. The van der Waals surface area contributed by atoms with E-state index in [1.54, 1.807) is 14.0 Å². The highest BCUT2D eigenvalue weighted by atomic mass is 16.5. The third-order valence-electron chi connectivity index (χ3n) is 2.13. The van der Waals surface area contributed by atoms with Gasteiger partial charge in [0.1, 0.15) is 5.75 Å². The Balaban J connectivity index is 2.94. The summed E-state index contributed by atoms with van der Waals surface area (Å²) in [6.45, 7) is 3.80. The van der Waals surface area contributed by atoms with E-state index in [9.17, 15) is 5.11 Å². The molecule has 0 aliphatic carbocycles. The van der Waals surface area contributed by atoms with Gasteiger partial charge in [-0.15, -0.1) is 0 Å². The third-order valence-corrected chi connectivity index (χ3v) is 2.13. The molecule has 13 heavy (non-hydrogen) atoms. The van der Waals surface area contributed by atoms with E-state index in [0.29, 0.717) is 6.42 Å². The number of hydrogen-bond donors (Lipinski definition) is 1. The Morgan fingerprint density at radius 2 is 2.15 bits per heavy atom. The SMILES string of the molecule is COc1cccc(C[C@@H](C)O)c1C. The van der Waals surface area contributed by atoms with Crippen molar-refractivity contribution >= 4 is 0 Å². The van der Waals surface area contributed by atoms with Crippen LogP contribution in [0.5, 0.6) is 5.75 Å². The van der Waals surface area contributed by atoms with Crippen molar-refractivity contribution in [1.82, 2.24) is 0 Å². The number of aliphatic hydroxyl groups is 1. The van der Waals surface area contributed by atoms with Crippen LogP contribution in [0.25, 0.3) is 0 Å². The zero-order chi connectivity index (χ0) is 9.84. The van der Waals surface area contributed by atoms with Gasteiger partial charge in [-0.1, -0.05) is 12.1 Å². The Morgan fingerprint density at radius 3 is 2.69 bits per heavy atom. The minimum atomic E-state index is -0.300. The van der Waals surface area contributed by atoms with E-state index >= 15 is 0 Å². The summed E-state index contributed by atoms with van der Waals surface area (Å²) in [7, 11) is 1.66. The number of benzene rings is 1. The summed E-state index contributed by atoms with van der Waals surface area (Å²) in [4.78, 5) is 0. The van der Waals surface area contributed by atoms with E-state index in [-0.39, 0.29) is 6.10 Å². The van der Waals surface area contributed by atoms with Crippen LogP contribution >= 0.6 is 0 Å². The van der Waals surface area contributed by atoms with Crippen molar-refractivity contribution in [2.24, 2.45) is 0 Å². The summed E-state index contributed by atoms with van der Waals surface area (Å²) in [5.74, 6) is 0.887. The first-order valence-electron chi connectivity index (χ1n) is 4.45. The fourth-order valence-corrected chi connectivity index (χ4v) is 1.42. The lowest BCUT2D eigenvalue weighted by atomic mass is 10.0. The van der Waals surface area contributed by atoms with Crippen molar-refractivity contribution in [2.45, 2.75) is 26.4 Å². The van der Waals surface area contributed by atoms with Crippen molar-refractivity contribution < 1.29 is 9.84 Å². The topological polar surface area (TPSA) is 29.5 Å². The molecule has 1 aromatic rings. The van der Waals surface area contributed by atoms with Crippen LogP contribution in [0, 0.1) is 6.92 Å². The number of ether oxygens (including phenoxy) is 1. The van der Waals surface area contributed by atoms with Gasteiger partial charge in [0.05, 0.1) is 13.2 Å². The second kappa shape index (κ2) is 4.28. The van der Waals surface area contributed by atoms with Crippen LogP contribution in [-0.2, 0) is 6.42 Å². The lowest BCUT2D eigenvalue weighted by Gasteiger charge is -2.11. The van der Waals surface area contributed by atoms with Crippen LogP contribution in [0.2, 0.25) is 0 Å². The fourth-order valence-electron chi connectivity index (χ4n) is 1.42. The lowest BCUT2D eigenvalue weighted by molar-refractivity contribution is 0.195. The molecule has 0 bridgehead atoms. The van der Waals surface area contributed by atoms with Gasteiger partial charge in [0.2, 0.25) is 0 Å². The Hall–Kier alpha value is -1.02. The molecular weight excluding hydrogens is 164 g/mol. The first-order valence-corrected chi connectivity index (χ1v) is 4.45. The van der Waals surface area contributed by atoms with Crippen LogP contribution in [-0.4, -0.2) is 18.3 Å². The van der Waals surface area contributed by atoms with E-state index in [1.807, 2.05) is 25.1 Å². The summed E-state index contributed by atoms with van der Waals surface area (Å²) in [5, 5.41) is 9.25. The van der Waals surface area contributed by atoms with Crippen molar-refractivity contribution in [3.63, 3.8) is 0 Å². The first-order chi connectivity index (χ1) is 6.15. The Morgan fingerprint density at radius 1 is 1.46 bits per heavy atom. The molecule has 0 radical (unpaired) electrons. The minimum absolute atomic E-state index is 0.300. The molecule has 0 unspecified atom stereocenters. The van der Waals surface area contributed by atoms with E-state index in [2.05, 4.69) is 0 Å². The van der Waals surface area contributed by atoms with Crippen molar-refractivity contribution in [3.8, 4) is 5.75 Å².